The second-order valence-electron chi connectivity index (χ2n) is 9.24. The summed E-state index contributed by atoms with van der Waals surface area (Å²) < 4.78 is 5.51. The predicted octanol–water partition coefficient (Wildman–Crippen LogP) is 5.70. The lowest BCUT2D eigenvalue weighted by Crippen LogP contribution is -2.23. The molecule has 5 rings (SSSR count). The summed E-state index contributed by atoms with van der Waals surface area (Å²) in [5.41, 5.74) is 6.65. The molecule has 8 heteroatoms. The Morgan fingerprint density at radius 2 is 1.71 bits per heavy atom. The lowest BCUT2D eigenvalue weighted by atomic mass is 9.99. The monoisotopic (exact) mass is 505 g/mol. The van der Waals surface area contributed by atoms with Crippen LogP contribution in [0.2, 0.25) is 0 Å². The molecule has 2 amide bonds. The van der Waals surface area contributed by atoms with Crippen LogP contribution in [0.25, 0.3) is 22.2 Å². The maximum absolute atomic E-state index is 13.5. The third-order valence-electron chi connectivity index (χ3n) is 6.33. The van der Waals surface area contributed by atoms with E-state index in [4.69, 9.17) is 9.40 Å². The van der Waals surface area contributed by atoms with Crippen LogP contribution in [-0.2, 0) is 6.54 Å². The largest absolute Gasteiger partial charge is 0.444 e. The molecule has 2 aromatic carbocycles. The minimum Gasteiger partial charge on any atom is -0.444 e. The zero-order valence-corrected chi connectivity index (χ0v) is 21.6. The Hall–Kier alpha value is -4.85. The number of hydrogen-bond acceptors (Lipinski definition) is 6. The smallest absolute Gasteiger partial charge is 0.256 e. The van der Waals surface area contributed by atoms with E-state index >= 15 is 0 Å². The van der Waals surface area contributed by atoms with Gasteiger partial charge in [-0.3, -0.25) is 14.6 Å². The second kappa shape index (κ2) is 10.3. The predicted molar refractivity (Wildman–Crippen MR) is 146 cm³/mol. The van der Waals surface area contributed by atoms with E-state index in [1.165, 1.54) is 0 Å². The fourth-order valence-electron chi connectivity index (χ4n) is 4.31. The number of benzene rings is 2. The Morgan fingerprint density at radius 1 is 0.921 bits per heavy atom. The normalized spacial score (nSPS) is 10.9. The van der Waals surface area contributed by atoms with Crippen molar-refractivity contribution in [2.45, 2.75) is 34.2 Å². The van der Waals surface area contributed by atoms with Crippen LogP contribution in [0.4, 0.5) is 5.69 Å². The molecule has 190 valence electrons. The number of amides is 2. The Morgan fingerprint density at radius 3 is 2.39 bits per heavy atom. The van der Waals surface area contributed by atoms with Crippen LogP contribution in [0, 0.1) is 27.7 Å². The van der Waals surface area contributed by atoms with Crippen LogP contribution in [0.5, 0.6) is 0 Å². The number of rotatable bonds is 6. The van der Waals surface area contributed by atoms with Gasteiger partial charge in [-0.2, -0.15) is 0 Å². The van der Waals surface area contributed by atoms with Crippen molar-refractivity contribution in [3.63, 3.8) is 0 Å². The number of anilines is 1. The highest BCUT2D eigenvalue weighted by atomic mass is 16.4. The molecule has 0 spiro atoms. The average Bonchev–Trinajstić information content (AvgIpc) is 3.24. The Bertz CT molecular complexity index is 1640. The summed E-state index contributed by atoms with van der Waals surface area (Å²) in [6, 6.07) is 16.3. The van der Waals surface area contributed by atoms with Gasteiger partial charge in [0.25, 0.3) is 11.8 Å². The fourth-order valence-corrected chi connectivity index (χ4v) is 4.31. The molecule has 0 aliphatic carbocycles. The first kappa shape index (κ1) is 24.8. The van der Waals surface area contributed by atoms with Gasteiger partial charge < -0.3 is 15.1 Å². The van der Waals surface area contributed by atoms with Crippen molar-refractivity contribution in [2.75, 3.05) is 5.32 Å². The van der Waals surface area contributed by atoms with Crippen LogP contribution >= 0.6 is 0 Å². The summed E-state index contributed by atoms with van der Waals surface area (Å²) in [5.74, 6) is 0.662. The van der Waals surface area contributed by atoms with Crippen LogP contribution in [0.1, 0.15) is 49.2 Å². The molecule has 0 atom stereocenters. The SMILES string of the molecule is Cc1cc(C)c2nc(-c3cccnc3)cc(C(=O)Nc3ccc(C(=O)NCc4nc(C)c(C)o4)cc3)c2c1. The first-order chi connectivity index (χ1) is 18.3. The topological polar surface area (TPSA) is 110 Å². The van der Waals surface area contributed by atoms with Crippen molar-refractivity contribution < 1.29 is 14.0 Å². The lowest BCUT2D eigenvalue weighted by molar-refractivity contribution is 0.0946. The highest BCUT2D eigenvalue weighted by Crippen LogP contribution is 2.28. The van der Waals surface area contributed by atoms with Gasteiger partial charge in [0.2, 0.25) is 5.89 Å². The number of aryl methyl sites for hydroxylation is 4. The van der Waals surface area contributed by atoms with Crippen molar-refractivity contribution in [1.29, 1.82) is 0 Å². The molecule has 0 saturated heterocycles. The Labute approximate surface area is 220 Å². The number of pyridine rings is 2. The second-order valence-corrected chi connectivity index (χ2v) is 9.24. The number of fused-ring (bicyclic) bond motifs is 1. The molecule has 8 nitrogen and oxygen atoms in total. The summed E-state index contributed by atoms with van der Waals surface area (Å²) in [6.07, 6.45) is 3.43. The molecule has 0 saturated carbocycles. The molecule has 0 radical (unpaired) electrons. The summed E-state index contributed by atoms with van der Waals surface area (Å²) in [6.45, 7) is 7.87. The van der Waals surface area contributed by atoms with E-state index in [-0.39, 0.29) is 18.4 Å². The van der Waals surface area contributed by atoms with Crippen molar-refractivity contribution in [1.82, 2.24) is 20.3 Å². The fraction of sp³-hybridized carbons (Fsp3) is 0.167. The minimum absolute atomic E-state index is 0.194. The van der Waals surface area contributed by atoms with Gasteiger partial charge in [0.15, 0.2) is 0 Å². The number of oxazole rings is 1. The quantitative estimate of drug-likeness (QED) is 0.306. The number of aromatic nitrogens is 3. The van der Waals surface area contributed by atoms with E-state index in [0.717, 1.165) is 39.0 Å². The molecule has 0 aliphatic rings. The summed E-state index contributed by atoms with van der Waals surface area (Å²) in [7, 11) is 0. The van der Waals surface area contributed by atoms with E-state index in [1.54, 1.807) is 42.7 Å². The number of carbonyl (C=O) groups excluding carboxylic acids is 2. The first-order valence-electron chi connectivity index (χ1n) is 12.2. The molecule has 38 heavy (non-hydrogen) atoms. The average molecular weight is 506 g/mol. The highest BCUT2D eigenvalue weighted by Gasteiger charge is 2.17. The Kier molecular flexibility index (Phi) is 6.70. The summed E-state index contributed by atoms with van der Waals surface area (Å²) in [4.78, 5) is 39.4. The summed E-state index contributed by atoms with van der Waals surface area (Å²) in [5, 5.41) is 6.54. The molecule has 3 aromatic heterocycles. The number of nitrogens with zero attached hydrogens (tertiary/aromatic N) is 3. The summed E-state index contributed by atoms with van der Waals surface area (Å²) >= 11 is 0. The molecule has 5 aromatic rings. The number of carbonyl (C=O) groups is 2. The zero-order valence-electron chi connectivity index (χ0n) is 21.6. The van der Waals surface area contributed by atoms with E-state index in [9.17, 15) is 9.59 Å². The maximum atomic E-state index is 13.5. The molecule has 0 aliphatic heterocycles. The van der Waals surface area contributed by atoms with Crippen LogP contribution in [0.3, 0.4) is 0 Å². The zero-order chi connectivity index (χ0) is 26.8. The van der Waals surface area contributed by atoms with Gasteiger partial charge >= 0.3 is 0 Å². The maximum Gasteiger partial charge on any atom is 0.256 e. The highest BCUT2D eigenvalue weighted by molar-refractivity contribution is 6.13. The molecular weight excluding hydrogens is 478 g/mol. The number of hydrogen-bond donors (Lipinski definition) is 2. The lowest BCUT2D eigenvalue weighted by Gasteiger charge is -2.13. The van der Waals surface area contributed by atoms with E-state index in [2.05, 4.69) is 26.7 Å². The van der Waals surface area contributed by atoms with Crippen molar-refractivity contribution in [3.05, 3.63) is 107 Å². The van der Waals surface area contributed by atoms with Crippen LogP contribution < -0.4 is 10.6 Å². The molecule has 2 N–H and O–H groups in total. The van der Waals surface area contributed by atoms with Gasteiger partial charge in [0.05, 0.1) is 29.0 Å². The standard InChI is InChI=1S/C30H27N5O3/c1-17-12-18(2)28-24(13-17)25(14-26(35-28)22-6-5-11-31-15-22)30(37)34-23-9-7-21(8-10-23)29(36)32-16-27-33-19(3)20(4)38-27/h5-15H,16H2,1-4H3,(H,32,36)(H,34,37). The van der Waals surface area contributed by atoms with Gasteiger partial charge in [-0.25, -0.2) is 9.97 Å². The molecule has 0 fully saturated rings. The van der Waals surface area contributed by atoms with Crippen molar-refractivity contribution in [2.24, 2.45) is 0 Å². The van der Waals surface area contributed by atoms with E-state index in [0.29, 0.717) is 28.4 Å². The Balaban J connectivity index is 1.37. The number of nitrogens with one attached hydrogen (secondary N) is 2. The van der Waals surface area contributed by atoms with Crippen molar-refractivity contribution in [3.8, 4) is 11.3 Å². The van der Waals surface area contributed by atoms with Gasteiger partial charge in [-0.05, 0) is 81.8 Å². The third-order valence-corrected chi connectivity index (χ3v) is 6.33. The molecule has 0 bridgehead atoms. The molecule has 0 unspecified atom stereocenters. The van der Waals surface area contributed by atoms with E-state index < -0.39 is 0 Å². The molecule has 3 heterocycles. The third kappa shape index (κ3) is 5.15. The van der Waals surface area contributed by atoms with E-state index in [1.807, 2.05) is 45.9 Å². The van der Waals surface area contributed by atoms with Gasteiger partial charge in [0, 0.05) is 34.6 Å². The molecular formula is C30H27N5O3. The van der Waals surface area contributed by atoms with Crippen LogP contribution in [0.15, 0.2) is 71.4 Å². The first-order valence-corrected chi connectivity index (χ1v) is 12.2. The minimum atomic E-state index is -0.264. The van der Waals surface area contributed by atoms with Gasteiger partial charge in [0.1, 0.15) is 5.76 Å². The van der Waals surface area contributed by atoms with Crippen molar-refractivity contribution >= 4 is 28.4 Å². The van der Waals surface area contributed by atoms with Gasteiger partial charge in [-0.1, -0.05) is 11.6 Å². The van der Waals surface area contributed by atoms with Gasteiger partial charge in [-0.15, -0.1) is 0 Å². The van der Waals surface area contributed by atoms with Crippen LogP contribution in [-0.4, -0.2) is 26.8 Å².